The summed E-state index contributed by atoms with van der Waals surface area (Å²) < 4.78 is 0. The van der Waals surface area contributed by atoms with Gasteiger partial charge >= 0.3 is 0 Å². The number of hydrogen-bond acceptors (Lipinski definition) is 1. The summed E-state index contributed by atoms with van der Waals surface area (Å²) in [5.74, 6) is 0.931. The van der Waals surface area contributed by atoms with Crippen LogP contribution in [0.5, 0.6) is 0 Å². The number of hydrogen-bond donors (Lipinski definition) is 0. The largest absolute Gasteiger partial charge is 0.373 e. The summed E-state index contributed by atoms with van der Waals surface area (Å²) in [7, 11) is 3.49. The average molecular weight is 203 g/mol. The fourth-order valence-electron chi connectivity index (χ4n) is 0.447. The van der Waals surface area contributed by atoms with Crippen LogP contribution in [0.3, 0.4) is 0 Å². The first-order chi connectivity index (χ1) is 3.55. The molecule has 0 spiro atoms. The van der Waals surface area contributed by atoms with Gasteiger partial charge in [0.25, 0.3) is 0 Å². The van der Waals surface area contributed by atoms with Gasteiger partial charge in [0.05, 0.1) is 5.91 Å². The molecular formula is C6H12NOY-. The van der Waals surface area contributed by atoms with Crippen LogP contribution in [0.15, 0.2) is 0 Å². The third-order valence-corrected chi connectivity index (χ3v) is 0.834. The maximum absolute atomic E-state index is 10.7. The van der Waals surface area contributed by atoms with Gasteiger partial charge in [-0.15, -0.1) is 0 Å². The molecule has 0 heterocycles. The second-order valence-electron chi connectivity index (χ2n) is 2.20. The number of carbonyl (C=O) groups excluding carboxylic acids is 1. The van der Waals surface area contributed by atoms with Crippen molar-refractivity contribution in [1.29, 1.82) is 0 Å². The van der Waals surface area contributed by atoms with E-state index in [0.29, 0.717) is 0 Å². The number of rotatable bonds is 1. The van der Waals surface area contributed by atoms with Gasteiger partial charge in [-0.25, -0.2) is 0 Å². The third-order valence-electron chi connectivity index (χ3n) is 0.834. The molecule has 1 amide bonds. The molecule has 0 atom stereocenters. The van der Waals surface area contributed by atoms with Gasteiger partial charge in [0.2, 0.25) is 0 Å². The van der Waals surface area contributed by atoms with Crippen molar-refractivity contribution in [2.24, 2.45) is 0 Å². The van der Waals surface area contributed by atoms with Crippen molar-refractivity contribution in [3.63, 3.8) is 0 Å². The zero-order valence-electron chi connectivity index (χ0n) is 6.43. The number of nitrogens with zero attached hydrogens (tertiary/aromatic N) is 1. The first kappa shape index (κ1) is 12.2. The van der Waals surface area contributed by atoms with Gasteiger partial charge < -0.3 is 9.69 Å². The topological polar surface area (TPSA) is 20.3 Å². The van der Waals surface area contributed by atoms with Gasteiger partial charge in [-0.05, 0) is 0 Å². The molecular weight excluding hydrogens is 191 g/mol. The molecule has 0 aliphatic rings. The van der Waals surface area contributed by atoms with Crippen LogP contribution in [0.1, 0.15) is 13.8 Å². The molecule has 0 fully saturated rings. The van der Waals surface area contributed by atoms with Gasteiger partial charge in [0, 0.05) is 46.8 Å². The third kappa shape index (κ3) is 4.92. The smallest absolute Gasteiger partial charge is 0.0867 e. The van der Waals surface area contributed by atoms with Crippen LogP contribution in [0.25, 0.3) is 0 Å². The summed E-state index contributed by atoms with van der Waals surface area (Å²) in [5.41, 5.74) is 0. The van der Waals surface area contributed by atoms with E-state index in [1.165, 1.54) is 0 Å². The van der Waals surface area contributed by atoms with Gasteiger partial charge in [-0.3, -0.25) is 5.92 Å². The van der Waals surface area contributed by atoms with E-state index in [-0.39, 0.29) is 38.6 Å². The van der Waals surface area contributed by atoms with E-state index in [1.54, 1.807) is 19.0 Å². The molecule has 0 saturated carbocycles. The number of amides is 1. The van der Waals surface area contributed by atoms with Crippen LogP contribution >= 0.6 is 0 Å². The van der Waals surface area contributed by atoms with Crippen molar-refractivity contribution in [2.75, 3.05) is 14.1 Å². The average Bonchev–Trinajstić information content (AvgIpc) is 1.64. The quantitative estimate of drug-likeness (QED) is 0.574. The van der Waals surface area contributed by atoms with Crippen LogP contribution in [0, 0.1) is 5.92 Å². The van der Waals surface area contributed by atoms with Crippen LogP contribution in [0.4, 0.5) is 0 Å². The Morgan fingerprint density at radius 1 is 1.33 bits per heavy atom. The Bertz CT molecular complexity index is 81.1. The normalized spacial score (nSPS) is 7.56. The molecule has 0 aliphatic heterocycles. The molecule has 0 bridgehead atoms. The van der Waals surface area contributed by atoms with E-state index < -0.39 is 0 Å². The van der Waals surface area contributed by atoms with Crippen LogP contribution in [-0.2, 0) is 37.5 Å². The molecule has 0 unspecified atom stereocenters. The van der Waals surface area contributed by atoms with Crippen molar-refractivity contribution in [2.45, 2.75) is 13.8 Å². The Labute approximate surface area is 81.9 Å². The molecule has 0 rings (SSSR count). The first-order valence-electron chi connectivity index (χ1n) is 2.57. The van der Waals surface area contributed by atoms with E-state index in [9.17, 15) is 4.79 Å². The molecule has 3 heteroatoms. The molecule has 1 radical (unpaired) electrons. The Balaban J connectivity index is 0. The summed E-state index contributed by atoms with van der Waals surface area (Å²) >= 11 is 0. The van der Waals surface area contributed by atoms with Crippen molar-refractivity contribution >= 4 is 5.91 Å². The molecule has 0 aromatic heterocycles. The van der Waals surface area contributed by atoms with Gasteiger partial charge in [0.15, 0.2) is 0 Å². The summed E-state index contributed by atoms with van der Waals surface area (Å²) in [5, 5.41) is 0. The Hall–Kier alpha value is 0.444. The van der Waals surface area contributed by atoms with E-state index in [4.69, 9.17) is 0 Å². The van der Waals surface area contributed by atoms with Gasteiger partial charge in [0.1, 0.15) is 0 Å². The second kappa shape index (κ2) is 5.25. The minimum absolute atomic E-state index is 0. The van der Waals surface area contributed by atoms with Crippen molar-refractivity contribution in [1.82, 2.24) is 4.90 Å². The van der Waals surface area contributed by atoms with Gasteiger partial charge in [-0.2, -0.15) is 13.8 Å². The maximum Gasteiger partial charge on any atom is 0.0867 e. The molecule has 0 aromatic rings. The Morgan fingerprint density at radius 2 is 1.67 bits per heavy atom. The van der Waals surface area contributed by atoms with E-state index in [2.05, 4.69) is 0 Å². The molecule has 0 aliphatic carbocycles. The van der Waals surface area contributed by atoms with Crippen LogP contribution in [0.2, 0.25) is 0 Å². The molecule has 2 nitrogen and oxygen atoms in total. The maximum atomic E-state index is 10.7. The summed E-state index contributed by atoms with van der Waals surface area (Å²) in [6, 6.07) is 0. The second-order valence-corrected chi connectivity index (χ2v) is 2.20. The van der Waals surface area contributed by atoms with E-state index >= 15 is 0 Å². The molecule has 51 valence electrons. The van der Waals surface area contributed by atoms with Crippen molar-refractivity contribution in [3.8, 4) is 0 Å². The van der Waals surface area contributed by atoms with Gasteiger partial charge in [-0.1, -0.05) is 0 Å². The first-order valence-corrected chi connectivity index (χ1v) is 2.57. The van der Waals surface area contributed by atoms with E-state index in [1.807, 2.05) is 13.8 Å². The zero-order chi connectivity index (χ0) is 6.73. The Kier molecular flexibility index (Phi) is 7.08. The summed E-state index contributed by atoms with van der Waals surface area (Å²) in [6.07, 6.45) is 0. The predicted octanol–water partition coefficient (Wildman–Crippen LogP) is 0.686. The summed E-state index contributed by atoms with van der Waals surface area (Å²) in [6.45, 7) is 3.62. The SMILES string of the molecule is C[C-](C)C(=O)N(C)C.[Y]. The minimum atomic E-state index is 0. The standard InChI is InChI=1S/C6H12NO.Y/c1-5(2)6(8)7(3)4;/h1-4H3;/q-1;. The fraction of sp³-hybridized carbons (Fsp3) is 0.667. The zero-order valence-corrected chi connectivity index (χ0v) is 9.27. The number of carbonyl (C=O) groups is 1. The van der Waals surface area contributed by atoms with Crippen LogP contribution < -0.4 is 0 Å². The predicted molar refractivity (Wildman–Crippen MR) is 33.3 cm³/mol. The monoisotopic (exact) mass is 203 g/mol. The van der Waals surface area contributed by atoms with Crippen LogP contribution in [-0.4, -0.2) is 24.9 Å². The summed E-state index contributed by atoms with van der Waals surface area (Å²) in [4.78, 5) is 12.3. The molecule has 9 heavy (non-hydrogen) atoms. The molecule has 0 saturated heterocycles. The molecule has 0 aromatic carbocycles. The van der Waals surface area contributed by atoms with E-state index in [0.717, 1.165) is 5.92 Å². The fourth-order valence-corrected chi connectivity index (χ4v) is 0.447. The molecule has 0 N–H and O–H groups in total. The minimum Gasteiger partial charge on any atom is -0.373 e. The van der Waals surface area contributed by atoms with Crippen molar-refractivity contribution < 1.29 is 37.5 Å². The Morgan fingerprint density at radius 3 is 1.67 bits per heavy atom. The van der Waals surface area contributed by atoms with Crippen molar-refractivity contribution in [3.05, 3.63) is 5.92 Å².